The molecule has 3 aromatic carbocycles. The highest BCUT2D eigenvalue weighted by Crippen LogP contribution is 2.28. The summed E-state index contributed by atoms with van der Waals surface area (Å²) in [4.78, 5) is 32.6. The van der Waals surface area contributed by atoms with E-state index in [2.05, 4.69) is 10.3 Å². The minimum absolute atomic E-state index is 0.0122. The third kappa shape index (κ3) is 4.78. The standard InChI is InChI=1S/C29H26FN3O2/c30-22-15-16-23(18-32-28(34)26-14-6-10-21-11-7-17-31-27(21)26)33(19-22)29(35)25-13-5-4-12-24(25)20-8-2-1-3-9-20/h1-14,17,22-23H,15-16,18-19H2,(H,32,34)/t22-,23?/m1/s1. The van der Waals surface area contributed by atoms with Gasteiger partial charge in [-0.3, -0.25) is 14.6 Å². The molecule has 5 nitrogen and oxygen atoms in total. The Morgan fingerprint density at radius 1 is 0.886 bits per heavy atom. The van der Waals surface area contributed by atoms with E-state index in [1.54, 1.807) is 23.2 Å². The number of alkyl halides is 1. The third-order valence-corrected chi connectivity index (χ3v) is 6.53. The van der Waals surface area contributed by atoms with Crippen LogP contribution in [-0.4, -0.2) is 47.0 Å². The Kier molecular flexibility index (Phi) is 6.53. The van der Waals surface area contributed by atoms with Gasteiger partial charge < -0.3 is 10.2 Å². The van der Waals surface area contributed by atoms with Crippen LogP contribution in [0.3, 0.4) is 0 Å². The van der Waals surface area contributed by atoms with Gasteiger partial charge >= 0.3 is 0 Å². The first-order valence-corrected chi connectivity index (χ1v) is 11.8. The van der Waals surface area contributed by atoms with Gasteiger partial charge in [-0.25, -0.2) is 4.39 Å². The monoisotopic (exact) mass is 467 g/mol. The summed E-state index contributed by atoms with van der Waals surface area (Å²) >= 11 is 0. The molecule has 2 atom stereocenters. The summed E-state index contributed by atoms with van der Waals surface area (Å²) in [5, 5.41) is 3.84. The van der Waals surface area contributed by atoms with Crippen LogP contribution in [0.4, 0.5) is 4.39 Å². The Hall–Kier alpha value is -4.06. The fourth-order valence-electron chi connectivity index (χ4n) is 4.73. The van der Waals surface area contributed by atoms with Crippen molar-refractivity contribution in [3.05, 3.63) is 102 Å². The van der Waals surface area contributed by atoms with E-state index >= 15 is 0 Å². The number of carbonyl (C=O) groups excluding carboxylic acids is 2. The summed E-state index contributed by atoms with van der Waals surface area (Å²) in [6.07, 6.45) is 1.42. The SMILES string of the molecule is O=C(NCC1CC[C@@H](F)CN1C(=O)c1ccccc1-c1ccccc1)c1cccc2cccnc12. The van der Waals surface area contributed by atoms with E-state index in [0.29, 0.717) is 29.5 Å². The zero-order chi connectivity index (χ0) is 24.2. The molecule has 0 radical (unpaired) electrons. The van der Waals surface area contributed by atoms with Crippen molar-refractivity contribution in [1.82, 2.24) is 15.2 Å². The smallest absolute Gasteiger partial charge is 0.254 e. The maximum absolute atomic E-state index is 14.5. The molecule has 0 saturated carbocycles. The largest absolute Gasteiger partial charge is 0.350 e. The molecule has 0 spiro atoms. The fourth-order valence-corrected chi connectivity index (χ4v) is 4.73. The first kappa shape index (κ1) is 22.7. The van der Waals surface area contributed by atoms with Gasteiger partial charge in [0.1, 0.15) is 6.17 Å². The Morgan fingerprint density at radius 3 is 2.49 bits per heavy atom. The number of halogens is 1. The van der Waals surface area contributed by atoms with E-state index in [9.17, 15) is 14.0 Å². The van der Waals surface area contributed by atoms with Crippen molar-refractivity contribution in [3.63, 3.8) is 0 Å². The average molecular weight is 468 g/mol. The number of benzene rings is 3. The number of amides is 2. The van der Waals surface area contributed by atoms with Crippen LogP contribution in [0.2, 0.25) is 0 Å². The molecule has 2 heterocycles. The number of hydrogen-bond acceptors (Lipinski definition) is 3. The summed E-state index contributed by atoms with van der Waals surface area (Å²) in [5.74, 6) is -0.480. The number of para-hydroxylation sites is 1. The number of nitrogens with zero attached hydrogens (tertiary/aromatic N) is 2. The Labute approximate surface area is 203 Å². The Bertz CT molecular complexity index is 1350. The van der Waals surface area contributed by atoms with Crippen LogP contribution in [0.5, 0.6) is 0 Å². The van der Waals surface area contributed by atoms with Crippen LogP contribution >= 0.6 is 0 Å². The number of carbonyl (C=O) groups is 2. The van der Waals surface area contributed by atoms with E-state index in [0.717, 1.165) is 16.5 Å². The highest BCUT2D eigenvalue weighted by Gasteiger charge is 2.33. The van der Waals surface area contributed by atoms with E-state index in [4.69, 9.17) is 0 Å². The lowest BCUT2D eigenvalue weighted by molar-refractivity contribution is 0.0471. The number of pyridine rings is 1. The predicted molar refractivity (Wildman–Crippen MR) is 135 cm³/mol. The second-order valence-electron chi connectivity index (χ2n) is 8.79. The number of fused-ring (bicyclic) bond motifs is 1. The number of hydrogen-bond donors (Lipinski definition) is 1. The molecular weight excluding hydrogens is 441 g/mol. The first-order chi connectivity index (χ1) is 17.1. The van der Waals surface area contributed by atoms with Gasteiger partial charge in [-0.15, -0.1) is 0 Å². The second kappa shape index (κ2) is 10.1. The van der Waals surface area contributed by atoms with Gasteiger partial charge in [0.15, 0.2) is 0 Å². The molecule has 35 heavy (non-hydrogen) atoms. The zero-order valence-corrected chi connectivity index (χ0v) is 19.2. The minimum atomic E-state index is -1.09. The molecule has 1 unspecified atom stereocenters. The zero-order valence-electron chi connectivity index (χ0n) is 19.2. The maximum atomic E-state index is 14.5. The Morgan fingerprint density at radius 2 is 1.63 bits per heavy atom. The van der Waals surface area contributed by atoms with Crippen LogP contribution in [0.15, 0.2) is 91.1 Å². The first-order valence-electron chi connectivity index (χ1n) is 11.8. The molecule has 176 valence electrons. The number of rotatable bonds is 5. The summed E-state index contributed by atoms with van der Waals surface area (Å²) in [6.45, 7) is 0.256. The van der Waals surface area contributed by atoms with Crippen molar-refractivity contribution >= 4 is 22.7 Å². The molecule has 4 aromatic rings. The van der Waals surface area contributed by atoms with Crippen molar-refractivity contribution in [2.24, 2.45) is 0 Å². The lowest BCUT2D eigenvalue weighted by Gasteiger charge is -2.37. The summed E-state index contributed by atoms with van der Waals surface area (Å²) in [5.41, 5.74) is 3.38. The van der Waals surface area contributed by atoms with Crippen LogP contribution in [0.25, 0.3) is 22.0 Å². The van der Waals surface area contributed by atoms with Crippen LogP contribution in [0, 0.1) is 0 Å². The molecule has 6 heteroatoms. The van der Waals surface area contributed by atoms with Crippen molar-refractivity contribution in [2.45, 2.75) is 25.1 Å². The van der Waals surface area contributed by atoms with Gasteiger partial charge in [-0.05, 0) is 42.2 Å². The molecule has 1 aromatic heterocycles. The number of nitrogens with one attached hydrogen (secondary N) is 1. The Balaban J connectivity index is 1.37. The van der Waals surface area contributed by atoms with Crippen LogP contribution < -0.4 is 5.32 Å². The quantitative estimate of drug-likeness (QED) is 0.435. The molecular formula is C29H26FN3O2. The van der Waals surface area contributed by atoms with E-state index in [-0.39, 0.29) is 30.9 Å². The fraction of sp³-hybridized carbons (Fsp3) is 0.207. The third-order valence-electron chi connectivity index (χ3n) is 6.53. The van der Waals surface area contributed by atoms with Crippen molar-refractivity contribution in [2.75, 3.05) is 13.1 Å². The van der Waals surface area contributed by atoms with Crippen molar-refractivity contribution < 1.29 is 14.0 Å². The maximum Gasteiger partial charge on any atom is 0.254 e. The number of piperidine rings is 1. The van der Waals surface area contributed by atoms with Gasteiger partial charge in [0.25, 0.3) is 11.8 Å². The van der Waals surface area contributed by atoms with Gasteiger partial charge in [0.05, 0.1) is 17.6 Å². The molecule has 5 rings (SSSR count). The van der Waals surface area contributed by atoms with Gasteiger partial charge in [-0.1, -0.05) is 66.7 Å². The van der Waals surface area contributed by atoms with E-state index in [1.807, 2.05) is 72.8 Å². The molecule has 1 saturated heterocycles. The van der Waals surface area contributed by atoms with E-state index < -0.39 is 6.17 Å². The summed E-state index contributed by atoms with van der Waals surface area (Å²) in [6, 6.07) is 26.0. The lowest BCUT2D eigenvalue weighted by atomic mass is 9.95. The van der Waals surface area contributed by atoms with Gasteiger partial charge in [0.2, 0.25) is 0 Å². The molecule has 2 amide bonds. The average Bonchev–Trinajstić information content (AvgIpc) is 2.92. The summed E-state index contributed by atoms with van der Waals surface area (Å²) in [7, 11) is 0. The highest BCUT2D eigenvalue weighted by molar-refractivity contribution is 6.05. The molecule has 1 N–H and O–H groups in total. The van der Waals surface area contributed by atoms with E-state index in [1.165, 1.54) is 0 Å². The molecule has 0 aliphatic carbocycles. The normalized spacial score (nSPS) is 17.8. The summed E-state index contributed by atoms with van der Waals surface area (Å²) < 4.78 is 14.5. The molecule has 0 bridgehead atoms. The van der Waals surface area contributed by atoms with Gasteiger partial charge in [0, 0.05) is 29.7 Å². The van der Waals surface area contributed by atoms with Crippen molar-refractivity contribution in [3.8, 4) is 11.1 Å². The number of likely N-dealkylation sites (tertiary alicyclic amines) is 1. The molecule has 1 aliphatic heterocycles. The minimum Gasteiger partial charge on any atom is -0.350 e. The predicted octanol–water partition coefficient (Wildman–Crippen LogP) is 5.27. The molecule has 1 aliphatic rings. The van der Waals surface area contributed by atoms with Crippen LogP contribution in [-0.2, 0) is 0 Å². The van der Waals surface area contributed by atoms with Crippen LogP contribution in [0.1, 0.15) is 33.6 Å². The second-order valence-corrected chi connectivity index (χ2v) is 8.79. The topological polar surface area (TPSA) is 62.3 Å². The van der Waals surface area contributed by atoms with Crippen molar-refractivity contribution in [1.29, 1.82) is 0 Å². The lowest BCUT2D eigenvalue weighted by Crippen LogP contribution is -2.52. The van der Waals surface area contributed by atoms with Gasteiger partial charge in [-0.2, -0.15) is 0 Å². The molecule has 1 fully saturated rings. The number of aromatic nitrogens is 1. The highest BCUT2D eigenvalue weighted by atomic mass is 19.1.